The summed E-state index contributed by atoms with van der Waals surface area (Å²) in [5.41, 5.74) is 2.07. The van der Waals surface area contributed by atoms with Crippen molar-refractivity contribution in [3.8, 4) is 11.5 Å². The van der Waals surface area contributed by atoms with Crippen LogP contribution in [0, 0.1) is 11.8 Å². The van der Waals surface area contributed by atoms with E-state index in [2.05, 4.69) is 25.3 Å². The van der Waals surface area contributed by atoms with E-state index < -0.39 is 0 Å². The van der Waals surface area contributed by atoms with Crippen LogP contribution in [0.4, 0.5) is 0 Å². The molecular weight excluding hydrogens is 374 g/mol. The summed E-state index contributed by atoms with van der Waals surface area (Å²) in [6.45, 7) is 12.4. The second-order valence-corrected chi connectivity index (χ2v) is 7.64. The molecule has 0 aliphatic heterocycles. The van der Waals surface area contributed by atoms with Crippen LogP contribution in [0.15, 0.2) is 73.8 Å². The van der Waals surface area contributed by atoms with Crippen molar-refractivity contribution in [3.63, 3.8) is 0 Å². The summed E-state index contributed by atoms with van der Waals surface area (Å²) >= 11 is 0. The van der Waals surface area contributed by atoms with Gasteiger partial charge in [-0.3, -0.25) is 4.79 Å². The second-order valence-electron chi connectivity index (χ2n) is 7.64. The normalized spacial score (nSPS) is 12.7. The Labute approximate surface area is 180 Å². The Morgan fingerprint density at radius 3 is 2.27 bits per heavy atom. The summed E-state index contributed by atoms with van der Waals surface area (Å²) in [6.07, 6.45) is 4.28. The fourth-order valence-corrected chi connectivity index (χ4v) is 3.55. The van der Waals surface area contributed by atoms with E-state index >= 15 is 0 Å². The molecule has 2 aromatic rings. The van der Waals surface area contributed by atoms with Crippen LogP contribution in [0.5, 0.6) is 11.5 Å². The standard InChI is InChI=1S/C26H33NO3/c1-7-22(16-20-12-10-9-11-13-20)27(26(28)24(8-2)19(3)4)18-21-14-15-23(29-5)17-25(21)30-6/h7-15,17,19,22,24H,1-2,16,18H2,3-6H3/t22-,24-/m0/s1. The molecule has 2 atom stereocenters. The van der Waals surface area contributed by atoms with Crippen LogP contribution < -0.4 is 9.47 Å². The number of methoxy groups -OCH3 is 2. The smallest absolute Gasteiger partial charge is 0.230 e. The maximum absolute atomic E-state index is 13.6. The van der Waals surface area contributed by atoms with Crippen LogP contribution in [-0.4, -0.2) is 31.1 Å². The van der Waals surface area contributed by atoms with Gasteiger partial charge < -0.3 is 14.4 Å². The van der Waals surface area contributed by atoms with Crippen molar-refractivity contribution in [2.24, 2.45) is 11.8 Å². The minimum absolute atomic E-state index is 0.0405. The molecule has 4 nitrogen and oxygen atoms in total. The minimum atomic E-state index is -0.271. The monoisotopic (exact) mass is 407 g/mol. The molecule has 0 aliphatic rings. The topological polar surface area (TPSA) is 38.8 Å². The Morgan fingerprint density at radius 2 is 1.73 bits per heavy atom. The van der Waals surface area contributed by atoms with Gasteiger partial charge in [-0.2, -0.15) is 0 Å². The van der Waals surface area contributed by atoms with Gasteiger partial charge in [0.25, 0.3) is 0 Å². The van der Waals surface area contributed by atoms with Gasteiger partial charge in [-0.25, -0.2) is 0 Å². The molecule has 30 heavy (non-hydrogen) atoms. The Kier molecular flexibility index (Phi) is 8.72. The highest BCUT2D eigenvalue weighted by Gasteiger charge is 2.29. The summed E-state index contributed by atoms with van der Waals surface area (Å²) in [4.78, 5) is 15.5. The lowest BCUT2D eigenvalue weighted by Crippen LogP contribution is -2.44. The summed E-state index contributed by atoms with van der Waals surface area (Å²) < 4.78 is 10.9. The first-order valence-corrected chi connectivity index (χ1v) is 10.3. The van der Waals surface area contributed by atoms with Gasteiger partial charge in [-0.1, -0.05) is 56.3 Å². The molecule has 4 heteroatoms. The first kappa shape index (κ1) is 23.3. The Hall–Kier alpha value is -3.01. The number of benzene rings is 2. The number of ether oxygens (including phenoxy) is 2. The zero-order valence-corrected chi connectivity index (χ0v) is 18.5. The summed E-state index contributed by atoms with van der Waals surface area (Å²) in [5, 5.41) is 0. The van der Waals surface area contributed by atoms with Crippen LogP contribution in [0.2, 0.25) is 0 Å². The van der Waals surface area contributed by atoms with E-state index in [1.807, 2.05) is 61.2 Å². The molecule has 0 unspecified atom stereocenters. The van der Waals surface area contributed by atoms with E-state index in [0.29, 0.717) is 24.5 Å². The van der Waals surface area contributed by atoms with Crippen LogP contribution in [0.3, 0.4) is 0 Å². The molecule has 160 valence electrons. The third-order valence-electron chi connectivity index (χ3n) is 5.34. The van der Waals surface area contributed by atoms with Gasteiger partial charge in [-0.15, -0.1) is 13.2 Å². The maximum atomic E-state index is 13.6. The van der Waals surface area contributed by atoms with Crippen molar-refractivity contribution in [2.45, 2.75) is 32.9 Å². The molecule has 0 aliphatic carbocycles. The van der Waals surface area contributed by atoms with Crippen molar-refractivity contribution in [1.82, 2.24) is 4.90 Å². The van der Waals surface area contributed by atoms with E-state index in [4.69, 9.17) is 9.47 Å². The summed E-state index contributed by atoms with van der Waals surface area (Å²) in [7, 11) is 3.25. The van der Waals surface area contributed by atoms with E-state index in [1.165, 1.54) is 0 Å². The quantitative estimate of drug-likeness (QED) is 0.475. The molecule has 0 bridgehead atoms. The third-order valence-corrected chi connectivity index (χ3v) is 5.34. The molecule has 0 saturated carbocycles. The lowest BCUT2D eigenvalue weighted by molar-refractivity contribution is -0.137. The second kappa shape index (κ2) is 11.2. The van der Waals surface area contributed by atoms with Gasteiger partial charge in [-0.05, 0) is 30.0 Å². The molecule has 0 radical (unpaired) electrons. The van der Waals surface area contributed by atoms with E-state index in [-0.39, 0.29) is 23.8 Å². The average molecular weight is 408 g/mol. The molecule has 0 spiro atoms. The molecule has 1 amide bonds. The average Bonchev–Trinajstić information content (AvgIpc) is 2.76. The molecule has 0 saturated heterocycles. The number of nitrogens with zero attached hydrogens (tertiary/aromatic N) is 1. The molecular formula is C26H33NO3. The van der Waals surface area contributed by atoms with Gasteiger partial charge in [0.15, 0.2) is 0 Å². The number of carbonyl (C=O) groups excluding carboxylic acids is 1. The Balaban J connectivity index is 2.43. The molecule has 0 aromatic heterocycles. The molecule has 2 rings (SSSR count). The first-order chi connectivity index (χ1) is 14.4. The minimum Gasteiger partial charge on any atom is -0.497 e. The molecule has 2 aromatic carbocycles. The van der Waals surface area contributed by atoms with Gasteiger partial charge >= 0.3 is 0 Å². The lowest BCUT2D eigenvalue weighted by atomic mass is 9.92. The zero-order valence-electron chi connectivity index (χ0n) is 18.5. The first-order valence-electron chi connectivity index (χ1n) is 10.3. The number of hydrogen-bond donors (Lipinski definition) is 0. The predicted molar refractivity (Wildman–Crippen MR) is 123 cm³/mol. The molecule has 0 heterocycles. The lowest BCUT2D eigenvalue weighted by Gasteiger charge is -2.34. The summed E-state index contributed by atoms with van der Waals surface area (Å²) in [5.74, 6) is 1.32. The highest BCUT2D eigenvalue weighted by Crippen LogP contribution is 2.28. The number of amides is 1. The van der Waals surface area contributed by atoms with Gasteiger partial charge in [0.1, 0.15) is 11.5 Å². The van der Waals surface area contributed by atoms with Gasteiger partial charge in [0.2, 0.25) is 5.91 Å². The number of rotatable bonds is 11. The van der Waals surface area contributed by atoms with Gasteiger partial charge in [0, 0.05) is 18.2 Å². The zero-order chi connectivity index (χ0) is 22.1. The summed E-state index contributed by atoms with van der Waals surface area (Å²) in [6, 6.07) is 15.7. The maximum Gasteiger partial charge on any atom is 0.230 e. The SMILES string of the molecule is C=C[C@H](C(=O)N(Cc1ccc(OC)cc1OC)[C@@H](C=C)Cc1ccccc1)C(C)C. The largest absolute Gasteiger partial charge is 0.497 e. The van der Waals surface area contributed by atoms with E-state index in [1.54, 1.807) is 20.3 Å². The van der Waals surface area contributed by atoms with Crippen LogP contribution in [-0.2, 0) is 17.8 Å². The van der Waals surface area contributed by atoms with Gasteiger partial charge in [0.05, 0.1) is 26.2 Å². The van der Waals surface area contributed by atoms with Crippen LogP contribution in [0.1, 0.15) is 25.0 Å². The third kappa shape index (κ3) is 5.76. The number of carbonyl (C=O) groups is 1. The van der Waals surface area contributed by atoms with Crippen molar-refractivity contribution < 1.29 is 14.3 Å². The van der Waals surface area contributed by atoms with Crippen molar-refractivity contribution in [3.05, 3.63) is 85.0 Å². The van der Waals surface area contributed by atoms with E-state index in [0.717, 1.165) is 11.1 Å². The van der Waals surface area contributed by atoms with Crippen molar-refractivity contribution in [2.75, 3.05) is 14.2 Å². The Morgan fingerprint density at radius 1 is 1.03 bits per heavy atom. The molecule has 0 fully saturated rings. The highest BCUT2D eigenvalue weighted by molar-refractivity contribution is 5.81. The van der Waals surface area contributed by atoms with Crippen LogP contribution >= 0.6 is 0 Å². The van der Waals surface area contributed by atoms with Crippen LogP contribution in [0.25, 0.3) is 0 Å². The molecule has 0 N–H and O–H groups in total. The van der Waals surface area contributed by atoms with Crippen molar-refractivity contribution in [1.29, 1.82) is 0 Å². The predicted octanol–water partition coefficient (Wildman–Crippen LogP) is 5.29. The Bertz CT molecular complexity index is 845. The fraction of sp³-hybridized carbons (Fsp3) is 0.346. The van der Waals surface area contributed by atoms with Crippen molar-refractivity contribution >= 4 is 5.91 Å². The highest BCUT2D eigenvalue weighted by atomic mass is 16.5. The fourth-order valence-electron chi connectivity index (χ4n) is 3.55. The number of hydrogen-bond acceptors (Lipinski definition) is 3. The van der Waals surface area contributed by atoms with E-state index in [9.17, 15) is 4.79 Å².